The van der Waals surface area contributed by atoms with Crippen molar-refractivity contribution in [3.05, 3.63) is 83.9 Å². The highest BCUT2D eigenvalue weighted by Gasteiger charge is 2.11. The molecule has 0 bridgehead atoms. The standard InChI is InChI=1S/C21H20O/c1-2-20-19(15-22)13-18(16-9-5-3-6-10-16)14-21(20)17-11-7-4-8-12-17/h3-14,22H,2,15H2,1H3. The third-order valence-corrected chi connectivity index (χ3v) is 4.06. The molecule has 22 heavy (non-hydrogen) atoms. The van der Waals surface area contributed by atoms with Crippen molar-refractivity contribution in [1.82, 2.24) is 0 Å². The van der Waals surface area contributed by atoms with Crippen LogP contribution in [0.4, 0.5) is 0 Å². The third kappa shape index (κ3) is 2.81. The maximum absolute atomic E-state index is 9.79. The van der Waals surface area contributed by atoms with Crippen LogP contribution in [0.15, 0.2) is 72.8 Å². The fraction of sp³-hybridized carbons (Fsp3) is 0.143. The van der Waals surface area contributed by atoms with Crippen molar-refractivity contribution in [2.45, 2.75) is 20.0 Å². The van der Waals surface area contributed by atoms with E-state index in [-0.39, 0.29) is 6.61 Å². The smallest absolute Gasteiger partial charge is 0.0684 e. The Bertz CT molecular complexity index is 746. The van der Waals surface area contributed by atoms with E-state index in [1.54, 1.807) is 0 Å². The second-order valence-corrected chi connectivity index (χ2v) is 5.41. The van der Waals surface area contributed by atoms with Crippen molar-refractivity contribution in [2.75, 3.05) is 0 Å². The van der Waals surface area contributed by atoms with E-state index < -0.39 is 0 Å². The first-order valence-electron chi connectivity index (χ1n) is 7.71. The number of rotatable bonds is 4. The van der Waals surface area contributed by atoms with E-state index in [4.69, 9.17) is 0 Å². The summed E-state index contributed by atoms with van der Waals surface area (Å²) in [5.41, 5.74) is 6.99. The molecule has 0 saturated carbocycles. The largest absolute Gasteiger partial charge is 0.392 e. The molecule has 0 unspecified atom stereocenters. The Morgan fingerprint density at radius 1 is 0.727 bits per heavy atom. The SMILES string of the molecule is CCc1c(CO)cc(-c2ccccc2)cc1-c1ccccc1. The molecule has 3 aromatic rings. The molecule has 0 aliphatic heterocycles. The van der Waals surface area contributed by atoms with Gasteiger partial charge in [0.15, 0.2) is 0 Å². The van der Waals surface area contributed by atoms with Gasteiger partial charge in [-0.3, -0.25) is 0 Å². The Balaban J connectivity index is 2.23. The molecule has 110 valence electrons. The zero-order valence-corrected chi connectivity index (χ0v) is 12.8. The molecule has 0 saturated heterocycles. The molecule has 0 heterocycles. The lowest BCUT2D eigenvalue weighted by molar-refractivity contribution is 0.281. The average Bonchev–Trinajstić information content (AvgIpc) is 2.62. The number of aliphatic hydroxyl groups is 1. The van der Waals surface area contributed by atoms with Crippen LogP contribution in [-0.2, 0) is 13.0 Å². The van der Waals surface area contributed by atoms with E-state index in [0.717, 1.165) is 17.5 Å². The van der Waals surface area contributed by atoms with E-state index in [9.17, 15) is 5.11 Å². The quantitative estimate of drug-likeness (QED) is 0.710. The topological polar surface area (TPSA) is 20.2 Å². The minimum absolute atomic E-state index is 0.0731. The number of benzene rings is 3. The van der Waals surface area contributed by atoms with Crippen molar-refractivity contribution in [3.8, 4) is 22.3 Å². The summed E-state index contributed by atoms with van der Waals surface area (Å²) in [4.78, 5) is 0. The van der Waals surface area contributed by atoms with Gasteiger partial charge < -0.3 is 5.11 Å². The fourth-order valence-electron chi connectivity index (χ4n) is 2.96. The molecular weight excluding hydrogens is 268 g/mol. The molecule has 1 heteroatoms. The Kier molecular flexibility index (Phi) is 4.36. The lowest BCUT2D eigenvalue weighted by atomic mass is 9.89. The van der Waals surface area contributed by atoms with Crippen LogP contribution in [0.25, 0.3) is 22.3 Å². The Morgan fingerprint density at radius 2 is 1.32 bits per heavy atom. The van der Waals surface area contributed by atoms with Gasteiger partial charge in [0.05, 0.1) is 6.61 Å². The second kappa shape index (κ2) is 6.59. The summed E-state index contributed by atoms with van der Waals surface area (Å²) in [6, 6.07) is 25.1. The van der Waals surface area contributed by atoms with Crippen LogP contribution in [0.5, 0.6) is 0 Å². The predicted molar refractivity (Wildman–Crippen MR) is 92.6 cm³/mol. The van der Waals surface area contributed by atoms with Crippen LogP contribution >= 0.6 is 0 Å². The molecule has 1 N–H and O–H groups in total. The second-order valence-electron chi connectivity index (χ2n) is 5.41. The van der Waals surface area contributed by atoms with E-state index >= 15 is 0 Å². The highest BCUT2D eigenvalue weighted by Crippen LogP contribution is 2.32. The lowest BCUT2D eigenvalue weighted by Crippen LogP contribution is -1.98. The van der Waals surface area contributed by atoms with Gasteiger partial charge in [-0.1, -0.05) is 67.6 Å². The van der Waals surface area contributed by atoms with Crippen LogP contribution in [0, 0.1) is 0 Å². The van der Waals surface area contributed by atoms with Gasteiger partial charge in [0.2, 0.25) is 0 Å². The van der Waals surface area contributed by atoms with E-state index in [1.807, 2.05) is 24.3 Å². The van der Waals surface area contributed by atoms with Crippen LogP contribution < -0.4 is 0 Å². The van der Waals surface area contributed by atoms with E-state index in [1.165, 1.54) is 22.3 Å². The minimum atomic E-state index is 0.0731. The van der Waals surface area contributed by atoms with Gasteiger partial charge in [-0.25, -0.2) is 0 Å². The molecular formula is C21H20O. The molecule has 0 atom stereocenters. The Morgan fingerprint density at radius 3 is 1.86 bits per heavy atom. The molecule has 1 nitrogen and oxygen atoms in total. The zero-order chi connectivity index (χ0) is 15.4. The first-order chi connectivity index (χ1) is 10.8. The van der Waals surface area contributed by atoms with Crippen molar-refractivity contribution in [1.29, 1.82) is 0 Å². The highest BCUT2D eigenvalue weighted by molar-refractivity contribution is 5.77. The first kappa shape index (κ1) is 14.6. The molecule has 3 aromatic carbocycles. The molecule has 0 spiro atoms. The summed E-state index contributed by atoms with van der Waals surface area (Å²) >= 11 is 0. The first-order valence-corrected chi connectivity index (χ1v) is 7.71. The van der Waals surface area contributed by atoms with Crippen molar-refractivity contribution < 1.29 is 5.11 Å². The van der Waals surface area contributed by atoms with Gasteiger partial charge in [-0.2, -0.15) is 0 Å². The fourth-order valence-corrected chi connectivity index (χ4v) is 2.96. The molecule has 0 fully saturated rings. The van der Waals surface area contributed by atoms with E-state index in [2.05, 4.69) is 55.5 Å². The summed E-state index contributed by atoms with van der Waals surface area (Å²) < 4.78 is 0. The van der Waals surface area contributed by atoms with Gasteiger partial charge >= 0.3 is 0 Å². The summed E-state index contributed by atoms with van der Waals surface area (Å²) in [5, 5.41) is 9.79. The molecule has 0 radical (unpaired) electrons. The Labute approximate surface area is 131 Å². The van der Waals surface area contributed by atoms with Crippen LogP contribution in [0.3, 0.4) is 0 Å². The molecule has 3 rings (SSSR count). The van der Waals surface area contributed by atoms with Gasteiger partial charge in [0, 0.05) is 0 Å². The summed E-state index contributed by atoms with van der Waals surface area (Å²) in [7, 11) is 0. The Hall–Kier alpha value is -2.38. The van der Waals surface area contributed by atoms with Gasteiger partial charge in [-0.15, -0.1) is 0 Å². The summed E-state index contributed by atoms with van der Waals surface area (Å²) in [5.74, 6) is 0. The van der Waals surface area contributed by atoms with Crippen LogP contribution in [0.1, 0.15) is 18.1 Å². The zero-order valence-electron chi connectivity index (χ0n) is 12.8. The third-order valence-electron chi connectivity index (χ3n) is 4.06. The van der Waals surface area contributed by atoms with Crippen molar-refractivity contribution in [3.63, 3.8) is 0 Å². The number of hydrogen-bond acceptors (Lipinski definition) is 1. The molecule has 0 amide bonds. The van der Waals surface area contributed by atoms with Crippen molar-refractivity contribution in [2.24, 2.45) is 0 Å². The number of hydrogen-bond donors (Lipinski definition) is 1. The number of aliphatic hydroxyl groups excluding tert-OH is 1. The summed E-state index contributed by atoms with van der Waals surface area (Å²) in [6.45, 7) is 2.22. The average molecular weight is 288 g/mol. The molecule has 0 aliphatic carbocycles. The monoisotopic (exact) mass is 288 g/mol. The summed E-state index contributed by atoms with van der Waals surface area (Å²) in [6.07, 6.45) is 0.912. The van der Waals surface area contributed by atoms with Crippen molar-refractivity contribution >= 4 is 0 Å². The normalized spacial score (nSPS) is 10.6. The van der Waals surface area contributed by atoms with Gasteiger partial charge in [-0.05, 0) is 51.9 Å². The van der Waals surface area contributed by atoms with Gasteiger partial charge in [0.25, 0.3) is 0 Å². The molecule has 0 aromatic heterocycles. The van der Waals surface area contributed by atoms with Gasteiger partial charge in [0.1, 0.15) is 0 Å². The maximum Gasteiger partial charge on any atom is 0.0684 e. The minimum Gasteiger partial charge on any atom is -0.392 e. The molecule has 0 aliphatic rings. The van der Waals surface area contributed by atoms with Crippen LogP contribution in [0.2, 0.25) is 0 Å². The maximum atomic E-state index is 9.79. The van der Waals surface area contributed by atoms with Crippen LogP contribution in [-0.4, -0.2) is 5.11 Å². The predicted octanol–water partition coefficient (Wildman–Crippen LogP) is 5.08. The lowest BCUT2D eigenvalue weighted by Gasteiger charge is -2.16. The highest BCUT2D eigenvalue weighted by atomic mass is 16.3. The van der Waals surface area contributed by atoms with E-state index in [0.29, 0.717) is 0 Å².